The van der Waals surface area contributed by atoms with Crippen molar-refractivity contribution in [2.75, 3.05) is 0 Å². The van der Waals surface area contributed by atoms with Gasteiger partial charge in [-0.15, -0.1) is 0 Å². The van der Waals surface area contributed by atoms with Crippen molar-refractivity contribution >= 4 is 44.6 Å². The molecule has 0 unspecified atom stereocenters. The van der Waals surface area contributed by atoms with Gasteiger partial charge in [-0.25, -0.2) is 8.42 Å². The van der Waals surface area contributed by atoms with Crippen LogP contribution < -0.4 is 0 Å². The third-order valence-corrected chi connectivity index (χ3v) is 5.72. The number of nitriles is 1. The van der Waals surface area contributed by atoms with Crippen LogP contribution in [0, 0.1) is 11.3 Å². The fourth-order valence-corrected chi connectivity index (χ4v) is 4.76. The summed E-state index contributed by atoms with van der Waals surface area (Å²) in [6, 6.07) is 10.8. The van der Waals surface area contributed by atoms with Crippen LogP contribution in [0.25, 0.3) is 0 Å². The van der Waals surface area contributed by atoms with Gasteiger partial charge in [-0.2, -0.15) is 5.26 Å². The molecule has 0 aliphatic heterocycles. The lowest BCUT2D eigenvalue weighted by Gasteiger charge is -2.09. The first-order valence-corrected chi connectivity index (χ1v) is 8.49. The monoisotopic (exact) mass is 359 g/mol. The summed E-state index contributed by atoms with van der Waals surface area (Å²) in [5.41, 5.74) is 0.739. The zero-order valence-electron chi connectivity index (χ0n) is 10.5. The minimum Gasteiger partial charge on any atom is -0.223 e. The van der Waals surface area contributed by atoms with Gasteiger partial charge < -0.3 is 0 Å². The van der Waals surface area contributed by atoms with Crippen molar-refractivity contribution in [1.82, 2.24) is 0 Å². The highest BCUT2D eigenvalue weighted by molar-refractivity contribution is 7.90. The van der Waals surface area contributed by atoms with Crippen molar-refractivity contribution in [3.8, 4) is 6.07 Å². The van der Waals surface area contributed by atoms with E-state index in [0.717, 1.165) is 0 Å². The maximum absolute atomic E-state index is 12.5. The summed E-state index contributed by atoms with van der Waals surface area (Å²) in [5.74, 6) is -0.346. The minimum absolute atomic E-state index is 0.0623. The molecule has 3 nitrogen and oxygen atoms in total. The molecule has 0 aromatic heterocycles. The first-order chi connectivity index (χ1) is 9.85. The predicted molar refractivity (Wildman–Crippen MR) is 83.5 cm³/mol. The van der Waals surface area contributed by atoms with Crippen molar-refractivity contribution in [2.45, 2.75) is 10.6 Å². The number of benzene rings is 2. The van der Waals surface area contributed by atoms with Gasteiger partial charge in [-0.05, 0) is 29.8 Å². The number of halogens is 3. The van der Waals surface area contributed by atoms with Crippen LogP contribution in [0.2, 0.25) is 15.1 Å². The molecule has 2 aromatic carbocycles. The molecule has 0 fully saturated rings. The molecule has 0 radical (unpaired) electrons. The smallest absolute Gasteiger partial charge is 0.185 e. The van der Waals surface area contributed by atoms with Gasteiger partial charge in [0.05, 0.1) is 27.4 Å². The van der Waals surface area contributed by atoms with Gasteiger partial charge in [0.15, 0.2) is 9.84 Å². The normalized spacial score (nSPS) is 11.1. The first-order valence-electron chi connectivity index (χ1n) is 5.70. The van der Waals surface area contributed by atoms with E-state index in [4.69, 9.17) is 40.1 Å². The third-order valence-electron chi connectivity index (χ3n) is 2.76. The second-order valence-electron chi connectivity index (χ2n) is 4.23. The standard InChI is InChI=1S/C14H8Cl3NO2S/c15-11-2-1-3-12(16)14(11)21(19,20)8-10-5-4-9(7-18)6-13(10)17/h1-6H,8H2. The van der Waals surface area contributed by atoms with Gasteiger partial charge in [0.1, 0.15) is 4.90 Å². The van der Waals surface area contributed by atoms with E-state index < -0.39 is 9.84 Å². The van der Waals surface area contributed by atoms with Crippen LogP contribution in [0.4, 0.5) is 0 Å². The summed E-state index contributed by atoms with van der Waals surface area (Å²) in [6.07, 6.45) is 0. The second kappa shape index (κ2) is 6.25. The van der Waals surface area contributed by atoms with E-state index in [1.54, 1.807) is 6.07 Å². The van der Waals surface area contributed by atoms with Crippen LogP contribution in [0.15, 0.2) is 41.3 Å². The van der Waals surface area contributed by atoms with Gasteiger partial charge in [-0.1, -0.05) is 46.9 Å². The maximum atomic E-state index is 12.5. The van der Waals surface area contributed by atoms with Crippen molar-refractivity contribution in [1.29, 1.82) is 5.26 Å². The van der Waals surface area contributed by atoms with E-state index in [-0.39, 0.29) is 25.7 Å². The second-order valence-corrected chi connectivity index (χ2v) is 7.38. The number of nitrogens with zero attached hydrogens (tertiary/aromatic N) is 1. The average Bonchev–Trinajstić information content (AvgIpc) is 2.40. The van der Waals surface area contributed by atoms with Crippen LogP contribution in [-0.4, -0.2) is 8.42 Å². The summed E-state index contributed by atoms with van der Waals surface area (Å²) in [5, 5.41) is 9.11. The molecule has 0 atom stereocenters. The molecule has 21 heavy (non-hydrogen) atoms. The Balaban J connectivity index is 2.46. The van der Waals surface area contributed by atoms with Gasteiger partial charge >= 0.3 is 0 Å². The Labute approximate surface area is 137 Å². The Bertz CT molecular complexity index is 822. The highest BCUT2D eigenvalue weighted by atomic mass is 35.5. The van der Waals surface area contributed by atoms with E-state index in [9.17, 15) is 8.42 Å². The number of rotatable bonds is 3. The molecule has 7 heteroatoms. The summed E-state index contributed by atoms with van der Waals surface area (Å²) in [6.45, 7) is 0. The largest absolute Gasteiger partial charge is 0.223 e. The van der Waals surface area contributed by atoms with Gasteiger partial charge in [0, 0.05) is 5.02 Å². The molecule has 0 spiro atoms. The third kappa shape index (κ3) is 3.50. The predicted octanol–water partition coefficient (Wildman–Crippen LogP) is 4.49. The Morgan fingerprint density at radius 2 is 1.62 bits per heavy atom. The molecule has 2 rings (SSSR count). The van der Waals surface area contributed by atoms with Crippen LogP contribution in [0.3, 0.4) is 0 Å². The Morgan fingerprint density at radius 3 is 2.14 bits per heavy atom. The van der Waals surface area contributed by atoms with Crippen molar-refractivity contribution in [3.63, 3.8) is 0 Å². The molecule has 0 saturated heterocycles. The molecule has 0 aliphatic carbocycles. The molecular formula is C14H8Cl3NO2S. The van der Waals surface area contributed by atoms with Gasteiger partial charge in [-0.3, -0.25) is 0 Å². The van der Waals surface area contributed by atoms with Gasteiger partial charge in [0.2, 0.25) is 0 Å². The van der Waals surface area contributed by atoms with E-state index in [1.807, 2.05) is 6.07 Å². The number of hydrogen-bond acceptors (Lipinski definition) is 3. The molecule has 0 amide bonds. The number of sulfone groups is 1. The molecule has 0 bridgehead atoms. The zero-order chi connectivity index (χ0) is 15.6. The summed E-state index contributed by atoms with van der Waals surface area (Å²) in [7, 11) is -3.75. The molecule has 2 aromatic rings. The Kier molecular flexibility index (Phi) is 4.80. The lowest BCUT2D eigenvalue weighted by atomic mass is 10.2. The topological polar surface area (TPSA) is 57.9 Å². The molecular weight excluding hydrogens is 353 g/mol. The van der Waals surface area contributed by atoms with Crippen LogP contribution in [0.1, 0.15) is 11.1 Å². The van der Waals surface area contributed by atoms with E-state index in [0.29, 0.717) is 11.1 Å². The summed E-state index contributed by atoms with van der Waals surface area (Å²) in [4.78, 5) is -0.117. The maximum Gasteiger partial charge on any atom is 0.185 e. The Hall–Kier alpha value is -1.25. The highest BCUT2D eigenvalue weighted by Gasteiger charge is 2.23. The van der Waals surface area contributed by atoms with Crippen LogP contribution in [-0.2, 0) is 15.6 Å². The first kappa shape index (κ1) is 16.1. The van der Waals surface area contributed by atoms with Gasteiger partial charge in [0.25, 0.3) is 0 Å². The quantitative estimate of drug-likeness (QED) is 0.810. The molecule has 0 aliphatic rings. The van der Waals surface area contributed by atoms with Crippen LogP contribution >= 0.6 is 34.8 Å². The van der Waals surface area contributed by atoms with Crippen molar-refractivity contribution in [2.24, 2.45) is 0 Å². The molecule has 108 valence electrons. The Morgan fingerprint density at radius 1 is 1.00 bits per heavy atom. The number of hydrogen-bond donors (Lipinski definition) is 0. The lowest BCUT2D eigenvalue weighted by molar-refractivity contribution is 0.595. The average molecular weight is 361 g/mol. The molecule has 0 heterocycles. The van der Waals surface area contributed by atoms with E-state index in [1.165, 1.54) is 30.3 Å². The fraction of sp³-hybridized carbons (Fsp3) is 0.0714. The SMILES string of the molecule is N#Cc1ccc(CS(=O)(=O)c2c(Cl)cccc2Cl)c(Cl)c1. The van der Waals surface area contributed by atoms with E-state index in [2.05, 4.69) is 0 Å². The molecule has 0 N–H and O–H groups in total. The minimum atomic E-state index is -3.75. The van der Waals surface area contributed by atoms with Crippen molar-refractivity contribution in [3.05, 3.63) is 62.6 Å². The lowest BCUT2D eigenvalue weighted by Crippen LogP contribution is -2.07. The zero-order valence-corrected chi connectivity index (χ0v) is 13.6. The highest BCUT2D eigenvalue weighted by Crippen LogP contribution is 2.32. The van der Waals surface area contributed by atoms with Crippen molar-refractivity contribution < 1.29 is 8.42 Å². The summed E-state index contributed by atoms with van der Waals surface area (Å²) >= 11 is 17.9. The van der Waals surface area contributed by atoms with E-state index >= 15 is 0 Å². The fourth-order valence-electron chi connectivity index (χ4n) is 1.79. The van der Waals surface area contributed by atoms with Crippen LogP contribution in [0.5, 0.6) is 0 Å². The molecule has 0 saturated carbocycles. The summed E-state index contributed by atoms with van der Waals surface area (Å²) < 4.78 is 24.9.